The molecule has 0 saturated carbocycles. The van der Waals surface area contributed by atoms with Gasteiger partial charge in [0.05, 0.1) is 13.2 Å². The summed E-state index contributed by atoms with van der Waals surface area (Å²) < 4.78 is 11.3. The van der Waals surface area contributed by atoms with Gasteiger partial charge < -0.3 is 14.8 Å². The number of aryl methyl sites for hydroxylation is 1. The predicted octanol–water partition coefficient (Wildman–Crippen LogP) is 1.82. The molecule has 1 aliphatic heterocycles. The van der Waals surface area contributed by atoms with Crippen LogP contribution in [0.4, 0.5) is 0 Å². The number of rotatable bonds is 7. The van der Waals surface area contributed by atoms with Crippen molar-refractivity contribution in [2.75, 3.05) is 46.0 Å². The second-order valence-electron chi connectivity index (χ2n) is 5.19. The number of nitrogens with one attached hydrogen (secondary N) is 1. The average Bonchev–Trinajstić information content (AvgIpc) is 2.48. The Morgan fingerprint density at radius 3 is 2.85 bits per heavy atom. The molecular weight excluding hydrogens is 252 g/mol. The highest BCUT2D eigenvalue weighted by Gasteiger charge is 2.10. The van der Waals surface area contributed by atoms with Crippen molar-refractivity contribution in [3.8, 4) is 5.75 Å². The van der Waals surface area contributed by atoms with Gasteiger partial charge in [-0.2, -0.15) is 0 Å². The quantitative estimate of drug-likeness (QED) is 0.825. The SMILES string of the molecule is CCNCc1cc(C)ccc1OCCN1CCOCC1. The highest BCUT2D eigenvalue weighted by molar-refractivity contribution is 5.36. The van der Waals surface area contributed by atoms with Crippen LogP contribution in [0.3, 0.4) is 0 Å². The Morgan fingerprint density at radius 2 is 2.10 bits per heavy atom. The minimum atomic E-state index is 0.738. The van der Waals surface area contributed by atoms with Gasteiger partial charge in [-0.1, -0.05) is 24.6 Å². The molecule has 1 saturated heterocycles. The highest BCUT2D eigenvalue weighted by atomic mass is 16.5. The third-order valence-electron chi connectivity index (χ3n) is 3.55. The molecule has 1 aliphatic rings. The minimum absolute atomic E-state index is 0.738. The number of hydrogen-bond donors (Lipinski definition) is 1. The van der Waals surface area contributed by atoms with Crippen LogP contribution < -0.4 is 10.1 Å². The first-order chi connectivity index (χ1) is 9.79. The molecule has 4 nitrogen and oxygen atoms in total. The Bertz CT molecular complexity index is 403. The Kier molecular flexibility index (Phi) is 6.30. The van der Waals surface area contributed by atoms with Crippen LogP contribution in [0.5, 0.6) is 5.75 Å². The third-order valence-corrected chi connectivity index (χ3v) is 3.55. The van der Waals surface area contributed by atoms with Crippen molar-refractivity contribution in [1.82, 2.24) is 10.2 Å². The molecule has 4 heteroatoms. The summed E-state index contributed by atoms with van der Waals surface area (Å²) in [4.78, 5) is 2.39. The van der Waals surface area contributed by atoms with Crippen molar-refractivity contribution >= 4 is 0 Å². The highest BCUT2D eigenvalue weighted by Crippen LogP contribution is 2.20. The first kappa shape index (κ1) is 15.3. The maximum absolute atomic E-state index is 5.97. The summed E-state index contributed by atoms with van der Waals surface area (Å²) >= 11 is 0. The summed E-state index contributed by atoms with van der Waals surface area (Å²) in [7, 11) is 0. The zero-order valence-corrected chi connectivity index (χ0v) is 12.7. The van der Waals surface area contributed by atoms with Gasteiger partial charge in [-0.3, -0.25) is 4.90 Å². The zero-order chi connectivity index (χ0) is 14.2. The maximum Gasteiger partial charge on any atom is 0.123 e. The molecule has 1 N–H and O–H groups in total. The molecule has 1 fully saturated rings. The Morgan fingerprint density at radius 1 is 1.30 bits per heavy atom. The topological polar surface area (TPSA) is 33.7 Å². The molecule has 1 heterocycles. The molecule has 0 amide bonds. The zero-order valence-electron chi connectivity index (χ0n) is 12.7. The lowest BCUT2D eigenvalue weighted by molar-refractivity contribution is 0.0322. The van der Waals surface area contributed by atoms with Gasteiger partial charge >= 0.3 is 0 Å². The fraction of sp³-hybridized carbons (Fsp3) is 0.625. The summed E-state index contributed by atoms with van der Waals surface area (Å²) in [6.07, 6.45) is 0. The van der Waals surface area contributed by atoms with Gasteiger partial charge in [0.1, 0.15) is 12.4 Å². The molecule has 112 valence electrons. The lowest BCUT2D eigenvalue weighted by atomic mass is 10.1. The molecule has 1 aromatic carbocycles. The van der Waals surface area contributed by atoms with Crippen LogP contribution in [0.25, 0.3) is 0 Å². The molecule has 0 spiro atoms. The monoisotopic (exact) mass is 278 g/mol. The van der Waals surface area contributed by atoms with E-state index in [1.807, 2.05) is 0 Å². The molecule has 1 aromatic rings. The maximum atomic E-state index is 5.97. The summed E-state index contributed by atoms with van der Waals surface area (Å²) in [5.41, 5.74) is 2.52. The standard InChI is InChI=1S/C16H26N2O2/c1-3-17-13-15-12-14(2)4-5-16(15)20-11-8-18-6-9-19-10-7-18/h4-5,12,17H,3,6-11,13H2,1-2H3. The van der Waals surface area contributed by atoms with E-state index in [1.54, 1.807) is 0 Å². The average molecular weight is 278 g/mol. The Labute approximate surface area is 122 Å². The van der Waals surface area contributed by atoms with Gasteiger partial charge in [-0.05, 0) is 19.5 Å². The second kappa shape index (κ2) is 8.25. The molecular formula is C16H26N2O2. The van der Waals surface area contributed by atoms with Crippen LogP contribution in [-0.2, 0) is 11.3 Å². The lowest BCUT2D eigenvalue weighted by Crippen LogP contribution is -2.38. The van der Waals surface area contributed by atoms with E-state index in [0.717, 1.165) is 58.3 Å². The van der Waals surface area contributed by atoms with E-state index in [4.69, 9.17) is 9.47 Å². The lowest BCUT2D eigenvalue weighted by Gasteiger charge is -2.26. The molecule has 20 heavy (non-hydrogen) atoms. The van der Waals surface area contributed by atoms with E-state index in [1.165, 1.54) is 11.1 Å². The first-order valence-corrected chi connectivity index (χ1v) is 7.52. The van der Waals surface area contributed by atoms with E-state index in [-0.39, 0.29) is 0 Å². The van der Waals surface area contributed by atoms with Gasteiger partial charge in [0, 0.05) is 31.7 Å². The second-order valence-corrected chi connectivity index (χ2v) is 5.19. The van der Waals surface area contributed by atoms with Crippen LogP contribution in [0, 0.1) is 6.92 Å². The first-order valence-electron chi connectivity index (χ1n) is 7.52. The van der Waals surface area contributed by atoms with Crippen molar-refractivity contribution < 1.29 is 9.47 Å². The minimum Gasteiger partial charge on any atom is -0.492 e. The van der Waals surface area contributed by atoms with E-state index < -0.39 is 0 Å². The van der Waals surface area contributed by atoms with Crippen molar-refractivity contribution in [2.45, 2.75) is 20.4 Å². The van der Waals surface area contributed by atoms with Crippen LogP contribution in [0.15, 0.2) is 18.2 Å². The number of morpholine rings is 1. The van der Waals surface area contributed by atoms with E-state index in [9.17, 15) is 0 Å². The smallest absolute Gasteiger partial charge is 0.123 e. The van der Waals surface area contributed by atoms with Crippen LogP contribution in [-0.4, -0.2) is 50.9 Å². The van der Waals surface area contributed by atoms with Crippen molar-refractivity contribution in [3.05, 3.63) is 29.3 Å². The van der Waals surface area contributed by atoms with Crippen molar-refractivity contribution in [2.24, 2.45) is 0 Å². The fourth-order valence-electron chi connectivity index (χ4n) is 2.36. The van der Waals surface area contributed by atoms with Crippen LogP contribution in [0.2, 0.25) is 0 Å². The molecule has 0 unspecified atom stereocenters. The summed E-state index contributed by atoms with van der Waals surface area (Å²) in [5.74, 6) is 1.00. The van der Waals surface area contributed by atoms with E-state index in [2.05, 4.69) is 42.3 Å². The largest absolute Gasteiger partial charge is 0.492 e. The van der Waals surface area contributed by atoms with Crippen molar-refractivity contribution in [1.29, 1.82) is 0 Å². The van der Waals surface area contributed by atoms with Gasteiger partial charge in [0.25, 0.3) is 0 Å². The predicted molar refractivity (Wildman–Crippen MR) is 81.3 cm³/mol. The van der Waals surface area contributed by atoms with Crippen LogP contribution in [0.1, 0.15) is 18.1 Å². The fourth-order valence-corrected chi connectivity index (χ4v) is 2.36. The molecule has 0 aromatic heterocycles. The molecule has 0 bridgehead atoms. The van der Waals surface area contributed by atoms with Crippen LogP contribution >= 0.6 is 0 Å². The summed E-state index contributed by atoms with van der Waals surface area (Å²) in [6.45, 7) is 11.5. The molecule has 0 radical (unpaired) electrons. The van der Waals surface area contributed by atoms with Gasteiger partial charge in [-0.15, -0.1) is 0 Å². The number of ether oxygens (including phenoxy) is 2. The van der Waals surface area contributed by atoms with E-state index >= 15 is 0 Å². The summed E-state index contributed by atoms with van der Waals surface area (Å²) in [5, 5.41) is 3.37. The van der Waals surface area contributed by atoms with Crippen molar-refractivity contribution in [3.63, 3.8) is 0 Å². The number of benzene rings is 1. The van der Waals surface area contributed by atoms with Gasteiger partial charge in [-0.25, -0.2) is 0 Å². The summed E-state index contributed by atoms with van der Waals surface area (Å²) in [6, 6.07) is 6.40. The Balaban J connectivity index is 1.84. The number of hydrogen-bond acceptors (Lipinski definition) is 4. The normalized spacial score (nSPS) is 16.3. The number of nitrogens with zero attached hydrogens (tertiary/aromatic N) is 1. The third kappa shape index (κ3) is 4.78. The van der Waals surface area contributed by atoms with Gasteiger partial charge in [0.2, 0.25) is 0 Å². The molecule has 0 aliphatic carbocycles. The van der Waals surface area contributed by atoms with E-state index in [0.29, 0.717) is 0 Å². The molecule has 0 atom stereocenters. The van der Waals surface area contributed by atoms with Gasteiger partial charge in [0.15, 0.2) is 0 Å². The Hall–Kier alpha value is -1.10. The molecule has 2 rings (SSSR count).